The average Bonchev–Trinajstić information content (AvgIpc) is 2.89. The summed E-state index contributed by atoms with van der Waals surface area (Å²) in [7, 11) is 3.26. The zero-order valence-corrected chi connectivity index (χ0v) is 26.6. The standard InChI is InChI=1S/C35H42ClNO5/c1-21-9-8-10-22(13-21)20-42-33-24(36)14-23(15-29(33)41-7)30-31-25(16-34(2,3)18-27(31)38)37(11-12-40-6)26-17-35(4,5)19-28(39)32(26)30/h8-10,13-15,30H,11-12,16-20H2,1-7H3. The van der Waals surface area contributed by atoms with Crippen molar-refractivity contribution in [2.75, 3.05) is 27.4 Å². The van der Waals surface area contributed by atoms with Crippen LogP contribution >= 0.6 is 11.6 Å². The maximum absolute atomic E-state index is 14.0. The van der Waals surface area contributed by atoms with Crippen molar-refractivity contribution < 1.29 is 23.8 Å². The summed E-state index contributed by atoms with van der Waals surface area (Å²) >= 11 is 6.91. The molecule has 42 heavy (non-hydrogen) atoms. The summed E-state index contributed by atoms with van der Waals surface area (Å²) in [4.78, 5) is 30.2. The van der Waals surface area contributed by atoms with Crippen molar-refractivity contribution in [2.45, 2.75) is 72.8 Å². The van der Waals surface area contributed by atoms with Gasteiger partial charge in [-0.2, -0.15) is 0 Å². The van der Waals surface area contributed by atoms with E-state index in [2.05, 4.69) is 38.7 Å². The van der Waals surface area contributed by atoms with Crippen LogP contribution in [0.4, 0.5) is 0 Å². The van der Waals surface area contributed by atoms with Crippen molar-refractivity contribution in [3.8, 4) is 11.5 Å². The highest BCUT2D eigenvalue weighted by Gasteiger charge is 2.49. The van der Waals surface area contributed by atoms with Gasteiger partial charge in [-0.3, -0.25) is 9.59 Å². The maximum Gasteiger partial charge on any atom is 0.180 e. The van der Waals surface area contributed by atoms with Crippen LogP contribution in [0.15, 0.2) is 58.9 Å². The molecular formula is C35H42ClNO5. The van der Waals surface area contributed by atoms with E-state index in [0.717, 1.165) is 40.9 Å². The lowest BCUT2D eigenvalue weighted by Gasteiger charge is -2.49. The lowest BCUT2D eigenvalue weighted by Crippen LogP contribution is -2.45. The topological polar surface area (TPSA) is 65.1 Å². The molecule has 0 N–H and O–H groups in total. The second kappa shape index (κ2) is 11.5. The van der Waals surface area contributed by atoms with Gasteiger partial charge in [0.1, 0.15) is 6.61 Å². The van der Waals surface area contributed by atoms with Crippen LogP contribution in [-0.4, -0.2) is 43.8 Å². The third-order valence-corrected chi connectivity index (χ3v) is 8.87. The highest BCUT2D eigenvalue weighted by molar-refractivity contribution is 6.32. The first-order valence-electron chi connectivity index (χ1n) is 14.7. The van der Waals surface area contributed by atoms with Crippen LogP contribution in [0.5, 0.6) is 11.5 Å². The van der Waals surface area contributed by atoms with Crippen LogP contribution in [0, 0.1) is 17.8 Å². The zero-order valence-electron chi connectivity index (χ0n) is 25.9. The highest BCUT2D eigenvalue weighted by atomic mass is 35.5. The molecule has 0 saturated heterocycles. The first kappa shape index (κ1) is 30.4. The van der Waals surface area contributed by atoms with E-state index < -0.39 is 5.92 Å². The Balaban J connectivity index is 1.65. The van der Waals surface area contributed by atoms with Gasteiger partial charge in [0.2, 0.25) is 0 Å². The molecule has 0 fully saturated rings. The minimum absolute atomic E-state index is 0.0766. The Bertz CT molecular complexity index is 1430. The monoisotopic (exact) mass is 591 g/mol. The third kappa shape index (κ3) is 5.89. The molecule has 0 amide bonds. The number of carbonyl (C=O) groups is 2. The Labute approximate surface area is 254 Å². The Morgan fingerprint density at radius 1 is 0.905 bits per heavy atom. The average molecular weight is 592 g/mol. The number of allylic oxidation sites excluding steroid dienone is 4. The highest BCUT2D eigenvalue weighted by Crippen LogP contribution is 2.55. The predicted octanol–water partition coefficient (Wildman–Crippen LogP) is 7.57. The predicted molar refractivity (Wildman–Crippen MR) is 165 cm³/mol. The molecule has 0 spiro atoms. The first-order valence-corrected chi connectivity index (χ1v) is 15.1. The number of hydrogen-bond acceptors (Lipinski definition) is 6. The Hall–Kier alpha value is -3.09. The summed E-state index contributed by atoms with van der Waals surface area (Å²) in [5.41, 5.74) is 5.95. The van der Waals surface area contributed by atoms with Crippen LogP contribution in [0.3, 0.4) is 0 Å². The number of rotatable bonds is 8. The summed E-state index contributed by atoms with van der Waals surface area (Å²) in [6.07, 6.45) is 2.32. The minimum atomic E-state index is -0.516. The fourth-order valence-corrected chi connectivity index (χ4v) is 7.11. The van der Waals surface area contributed by atoms with Crippen molar-refractivity contribution in [3.05, 3.63) is 80.7 Å². The van der Waals surface area contributed by atoms with Crippen LogP contribution in [0.25, 0.3) is 0 Å². The number of Topliss-reactive ketones (excluding diaryl/α,β-unsaturated/α-hetero) is 2. The molecule has 0 aromatic heterocycles. The summed E-state index contributed by atoms with van der Waals surface area (Å²) in [6, 6.07) is 11.9. The Kier molecular flexibility index (Phi) is 8.34. The second-order valence-corrected chi connectivity index (χ2v) is 13.9. The van der Waals surface area contributed by atoms with Gasteiger partial charge in [0, 0.05) is 55.0 Å². The van der Waals surface area contributed by atoms with Gasteiger partial charge in [0.25, 0.3) is 0 Å². The number of nitrogens with zero attached hydrogens (tertiary/aromatic N) is 1. The lowest BCUT2D eigenvalue weighted by molar-refractivity contribution is -0.119. The van der Waals surface area contributed by atoms with Gasteiger partial charge in [-0.05, 0) is 53.9 Å². The van der Waals surface area contributed by atoms with E-state index in [1.54, 1.807) is 14.2 Å². The number of ether oxygens (including phenoxy) is 3. The van der Waals surface area contributed by atoms with Gasteiger partial charge in [-0.25, -0.2) is 0 Å². The number of methoxy groups -OCH3 is 2. The molecule has 3 aliphatic rings. The van der Waals surface area contributed by atoms with Crippen LogP contribution in [-0.2, 0) is 20.9 Å². The number of hydrogen-bond donors (Lipinski definition) is 0. The van der Waals surface area contributed by atoms with Gasteiger partial charge < -0.3 is 19.1 Å². The van der Waals surface area contributed by atoms with Gasteiger partial charge >= 0.3 is 0 Å². The van der Waals surface area contributed by atoms with Crippen molar-refractivity contribution in [1.82, 2.24) is 4.90 Å². The minimum Gasteiger partial charge on any atom is -0.493 e. The van der Waals surface area contributed by atoms with E-state index >= 15 is 0 Å². The van der Waals surface area contributed by atoms with Gasteiger partial charge in [0.05, 0.1) is 18.7 Å². The molecule has 1 aliphatic heterocycles. The summed E-state index contributed by atoms with van der Waals surface area (Å²) in [5.74, 6) is 0.555. The molecule has 2 aromatic carbocycles. The van der Waals surface area contributed by atoms with E-state index in [1.807, 2.05) is 37.3 Å². The van der Waals surface area contributed by atoms with Crippen LogP contribution < -0.4 is 9.47 Å². The third-order valence-electron chi connectivity index (χ3n) is 8.59. The number of benzene rings is 2. The lowest BCUT2D eigenvalue weighted by atomic mass is 9.63. The zero-order chi connectivity index (χ0) is 30.4. The largest absolute Gasteiger partial charge is 0.493 e. The molecule has 6 nitrogen and oxygen atoms in total. The fraction of sp³-hybridized carbons (Fsp3) is 0.486. The maximum atomic E-state index is 14.0. The second-order valence-electron chi connectivity index (χ2n) is 13.5. The molecule has 0 radical (unpaired) electrons. The molecule has 1 heterocycles. The Morgan fingerprint density at radius 3 is 2.07 bits per heavy atom. The van der Waals surface area contributed by atoms with E-state index in [0.29, 0.717) is 60.3 Å². The van der Waals surface area contributed by atoms with E-state index in [9.17, 15) is 9.59 Å². The van der Waals surface area contributed by atoms with Gasteiger partial charge in [-0.15, -0.1) is 0 Å². The van der Waals surface area contributed by atoms with E-state index in [1.165, 1.54) is 0 Å². The van der Waals surface area contributed by atoms with Gasteiger partial charge in [0.15, 0.2) is 23.1 Å². The van der Waals surface area contributed by atoms with E-state index in [-0.39, 0.29) is 22.4 Å². The van der Waals surface area contributed by atoms with Crippen molar-refractivity contribution >= 4 is 23.2 Å². The molecule has 0 unspecified atom stereocenters. The first-order chi connectivity index (χ1) is 19.8. The number of aryl methyl sites for hydroxylation is 1. The van der Waals surface area contributed by atoms with Crippen molar-refractivity contribution in [1.29, 1.82) is 0 Å². The normalized spacial score (nSPS) is 20.0. The molecule has 224 valence electrons. The number of ketones is 2. The van der Waals surface area contributed by atoms with Crippen molar-refractivity contribution in [2.24, 2.45) is 10.8 Å². The molecule has 7 heteroatoms. The molecule has 0 bridgehead atoms. The quantitative estimate of drug-likeness (QED) is 0.315. The van der Waals surface area contributed by atoms with Crippen LogP contribution in [0.1, 0.15) is 76.0 Å². The smallest absolute Gasteiger partial charge is 0.180 e. The van der Waals surface area contributed by atoms with Gasteiger partial charge in [-0.1, -0.05) is 69.1 Å². The molecule has 0 atom stereocenters. The molecule has 0 saturated carbocycles. The molecule has 2 aliphatic carbocycles. The molecule has 5 rings (SSSR count). The Morgan fingerprint density at radius 2 is 1.52 bits per heavy atom. The SMILES string of the molecule is COCCN1C2=C(C(=O)CC(C)(C)C2)C(c2cc(Cl)c(OCc3cccc(C)c3)c(OC)c2)C2=C1CC(C)(C)CC2=O. The number of carbonyl (C=O) groups excluding carboxylic acids is 2. The molecule has 2 aromatic rings. The molecular weight excluding hydrogens is 550 g/mol. The summed E-state index contributed by atoms with van der Waals surface area (Å²) < 4.78 is 17.5. The fourth-order valence-electron chi connectivity index (χ4n) is 6.84. The van der Waals surface area contributed by atoms with E-state index in [4.69, 9.17) is 25.8 Å². The number of halogens is 1. The van der Waals surface area contributed by atoms with Crippen molar-refractivity contribution in [3.63, 3.8) is 0 Å². The summed E-state index contributed by atoms with van der Waals surface area (Å²) in [5, 5.41) is 0.385. The van der Waals surface area contributed by atoms with Crippen LogP contribution in [0.2, 0.25) is 5.02 Å². The summed E-state index contributed by atoms with van der Waals surface area (Å²) in [6.45, 7) is 12.0.